The monoisotopic (exact) mass is 270 g/mol. The van der Waals surface area contributed by atoms with Crippen molar-refractivity contribution in [2.24, 2.45) is 0 Å². The number of ether oxygens (including phenoxy) is 1. The molecular weight excluding hydrogens is 248 g/mol. The number of benzene rings is 1. The summed E-state index contributed by atoms with van der Waals surface area (Å²) in [6.07, 6.45) is 0. The van der Waals surface area contributed by atoms with Crippen LogP contribution in [0.3, 0.4) is 0 Å². The Kier molecular flexibility index (Phi) is 4.74. The number of rotatable bonds is 5. The molecular formula is C17H22N2O. The minimum absolute atomic E-state index is 0.295. The standard InChI is InChI=1S/C17H22N2O/c1-12-5-7-15(8-6-12)14(3)18-11-16-10-17(20-4)9-13(2)19-16/h5-10,14,18H,11H2,1-4H3/t14-/m0/s1. The smallest absolute Gasteiger partial charge is 0.122 e. The van der Waals surface area contributed by atoms with Crippen LogP contribution in [0.5, 0.6) is 5.75 Å². The molecule has 106 valence electrons. The molecule has 1 heterocycles. The van der Waals surface area contributed by atoms with Crippen LogP contribution in [0.15, 0.2) is 36.4 Å². The van der Waals surface area contributed by atoms with Crippen molar-refractivity contribution in [1.82, 2.24) is 10.3 Å². The van der Waals surface area contributed by atoms with Gasteiger partial charge >= 0.3 is 0 Å². The SMILES string of the molecule is COc1cc(C)nc(CN[C@@H](C)c2ccc(C)cc2)c1. The van der Waals surface area contributed by atoms with Gasteiger partial charge in [-0.25, -0.2) is 0 Å². The molecule has 0 aliphatic heterocycles. The van der Waals surface area contributed by atoms with E-state index in [2.05, 4.69) is 48.4 Å². The molecule has 1 aromatic carbocycles. The fourth-order valence-electron chi connectivity index (χ4n) is 2.14. The minimum atomic E-state index is 0.295. The van der Waals surface area contributed by atoms with Crippen LogP contribution in [-0.2, 0) is 6.54 Å². The van der Waals surface area contributed by atoms with Crippen LogP contribution in [0.2, 0.25) is 0 Å². The summed E-state index contributed by atoms with van der Waals surface area (Å²) < 4.78 is 5.27. The Morgan fingerprint density at radius 2 is 1.85 bits per heavy atom. The predicted molar refractivity (Wildman–Crippen MR) is 82.0 cm³/mol. The zero-order valence-corrected chi connectivity index (χ0v) is 12.6. The first-order valence-corrected chi connectivity index (χ1v) is 6.90. The van der Waals surface area contributed by atoms with E-state index in [1.165, 1.54) is 11.1 Å². The second-order valence-corrected chi connectivity index (χ2v) is 5.15. The van der Waals surface area contributed by atoms with Gasteiger partial charge in [0.2, 0.25) is 0 Å². The summed E-state index contributed by atoms with van der Waals surface area (Å²) in [5, 5.41) is 3.50. The van der Waals surface area contributed by atoms with Crippen LogP contribution in [-0.4, -0.2) is 12.1 Å². The van der Waals surface area contributed by atoms with E-state index in [4.69, 9.17) is 4.74 Å². The highest BCUT2D eigenvalue weighted by atomic mass is 16.5. The van der Waals surface area contributed by atoms with Crippen LogP contribution < -0.4 is 10.1 Å². The van der Waals surface area contributed by atoms with Gasteiger partial charge in [-0.15, -0.1) is 0 Å². The van der Waals surface area contributed by atoms with Gasteiger partial charge in [-0.2, -0.15) is 0 Å². The first kappa shape index (κ1) is 14.5. The molecule has 0 unspecified atom stereocenters. The molecule has 1 N–H and O–H groups in total. The quantitative estimate of drug-likeness (QED) is 0.902. The van der Waals surface area contributed by atoms with Gasteiger partial charge in [-0.1, -0.05) is 29.8 Å². The summed E-state index contributed by atoms with van der Waals surface area (Å²) >= 11 is 0. The van der Waals surface area contributed by atoms with Crippen LogP contribution >= 0.6 is 0 Å². The van der Waals surface area contributed by atoms with Crippen molar-refractivity contribution < 1.29 is 4.74 Å². The fraction of sp³-hybridized carbons (Fsp3) is 0.353. The topological polar surface area (TPSA) is 34.1 Å². The van der Waals surface area contributed by atoms with E-state index in [1.807, 2.05) is 19.1 Å². The highest BCUT2D eigenvalue weighted by molar-refractivity contribution is 5.27. The zero-order chi connectivity index (χ0) is 14.5. The molecule has 20 heavy (non-hydrogen) atoms. The number of aromatic nitrogens is 1. The number of nitrogens with one attached hydrogen (secondary N) is 1. The van der Waals surface area contributed by atoms with E-state index < -0.39 is 0 Å². The number of methoxy groups -OCH3 is 1. The molecule has 0 radical (unpaired) electrons. The van der Waals surface area contributed by atoms with Gasteiger partial charge in [0.15, 0.2) is 0 Å². The van der Waals surface area contributed by atoms with E-state index >= 15 is 0 Å². The molecule has 0 fully saturated rings. The molecule has 0 bridgehead atoms. The molecule has 1 aromatic heterocycles. The Morgan fingerprint density at radius 3 is 2.50 bits per heavy atom. The maximum Gasteiger partial charge on any atom is 0.122 e. The molecule has 0 spiro atoms. The lowest BCUT2D eigenvalue weighted by atomic mass is 10.1. The number of hydrogen-bond donors (Lipinski definition) is 1. The Balaban J connectivity index is 2.01. The number of hydrogen-bond acceptors (Lipinski definition) is 3. The van der Waals surface area contributed by atoms with Crippen LogP contribution in [0, 0.1) is 13.8 Å². The Morgan fingerprint density at radius 1 is 1.15 bits per heavy atom. The first-order chi connectivity index (χ1) is 9.58. The van der Waals surface area contributed by atoms with Gasteiger partial charge in [-0.05, 0) is 26.3 Å². The summed E-state index contributed by atoms with van der Waals surface area (Å²) in [6, 6.07) is 12.8. The number of nitrogens with zero attached hydrogens (tertiary/aromatic N) is 1. The summed E-state index contributed by atoms with van der Waals surface area (Å²) in [4.78, 5) is 4.52. The molecule has 3 nitrogen and oxygen atoms in total. The molecule has 2 aromatic rings. The van der Waals surface area contributed by atoms with Gasteiger partial charge in [0.25, 0.3) is 0 Å². The van der Waals surface area contributed by atoms with Crippen molar-refractivity contribution in [3.05, 3.63) is 58.9 Å². The molecule has 0 amide bonds. The molecule has 0 saturated heterocycles. The van der Waals surface area contributed by atoms with E-state index in [-0.39, 0.29) is 0 Å². The summed E-state index contributed by atoms with van der Waals surface area (Å²) in [5.74, 6) is 0.859. The maximum absolute atomic E-state index is 5.27. The van der Waals surface area contributed by atoms with Crippen molar-refractivity contribution >= 4 is 0 Å². The average molecular weight is 270 g/mol. The maximum atomic E-state index is 5.27. The van der Waals surface area contributed by atoms with Crippen molar-refractivity contribution in [1.29, 1.82) is 0 Å². The average Bonchev–Trinajstić information content (AvgIpc) is 2.45. The summed E-state index contributed by atoms with van der Waals surface area (Å²) in [7, 11) is 1.68. The van der Waals surface area contributed by atoms with E-state index in [0.717, 1.165) is 23.7 Å². The van der Waals surface area contributed by atoms with Crippen LogP contribution in [0.1, 0.15) is 35.5 Å². The van der Waals surface area contributed by atoms with E-state index in [1.54, 1.807) is 7.11 Å². The van der Waals surface area contributed by atoms with Gasteiger partial charge in [-0.3, -0.25) is 4.98 Å². The molecule has 2 rings (SSSR count). The summed E-state index contributed by atoms with van der Waals surface area (Å²) in [5.41, 5.74) is 4.55. The second-order valence-electron chi connectivity index (χ2n) is 5.15. The Labute approximate surface area is 121 Å². The zero-order valence-electron chi connectivity index (χ0n) is 12.6. The van der Waals surface area contributed by atoms with Crippen molar-refractivity contribution in [3.8, 4) is 5.75 Å². The first-order valence-electron chi connectivity index (χ1n) is 6.90. The molecule has 0 aliphatic rings. The van der Waals surface area contributed by atoms with Crippen LogP contribution in [0.25, 0.3) is 0 Å². The van der Waals surface area contributed by atoms with Gasteiger partial charge in [0.05, 0.1) is 12.8 Å². The van der Waals surface area contributed by atoms with Crippen molar-refractivity contribution in [2.45, 2.75) is 33.4 Å². The molecule has 0 saturated carbocycles. The fourth-order valence-corrected chi connectivity index (χ4v) is 2.14. The molecule has 3 heteroatoms. The normalized spacial score (nSPS) is 12.2. The predicted octanol–water partition coefficient (Wildman–Crippen LogP) is 3.56. The van der Waals surface area contributed by atoms with E-state index in [0.29, 0.717) is 6.04 Å². The van der Waals surface area contributed by atoms with Gasteiger partial charge < -0.3 is 10.1 Å². The Hall–Kier alpha value is -1.87. The minimum Gasteiger partial charge on any atom is -0.497 e. The van der Waals surface area contributed by atoms with Crippen molar-refractivity contribution in [2.75, 3.05) is 7.11 Å². The highest BCUT2D eigenvalue weighted by Gasteiger charge is 2.06. The lowest BCUT2D eigenvalue weighted by molar-refractivity contribution is 0.412. The third-order valence-corrected chi connectivity index (χ3v) is 3.38. The highest BCUT2D eigenvalue weighted by Crippen LogP contribution is 2.16. The van der Waals surface area contributed by atoms with Gasteiger partial charge in [0, 0.05) is 30.4 Å². The largest absolute Gasteiger partial charge is 0.497 e. The molecule has 0 aliphatic carbocycles. The third kappa shape index (κ3) is 3.81. The number of pyridine rings is 1. The summed E-state index contributed by atoms with van der Waals surface area (Å²) in [6.45, 7) is 6.98. The van der Waals surface area contributed by atoms with Crippen molar-refractivity contribution in [3.63, 3.8) is 0 Å². The molecule has 1 atom stereocenters. The Bertz CT molecular complexity index is 564. The van der Waals surface area contributed by atoms with Crippen LogP contribution in [0.4, 0.5) is 0 Å². The lowest BCUT2D eigenvalue weighted by Crippen LogP contribution is -2.19. The number of aryl methyl sites for hydroxylation is 2. The van der Waals surface area contributed by atoms with E-state index in [9.17, 15) is 0 Å². The lowest BCUT2D eigenvalue weighted by Gasteiger charge is -2.15. The second kappa shape index (κ2) is 6.53. The third-order valence-electron chi connectivity index (χ3n) is 3.38. The van der Waals surface area contributed by atoms with Gasteiger partial charge in [0.1, 0.15) is 5.75 Å².